The van der Waals surface area contributed by atoms with Crippen LogP contribution in [0.15, 0.2) is 22.2 Å². The first-order chi connectivity index (χ1) is 8.66. The van der Waals surface area contributed by atoms with Gasteiger partial charge in [-0.3, -0.25) is 0 Å². The smallest absolute Gasteiger partial charge is 0.365 e. The normalized spacial score (nSPS) is 12.5. The maximum atomic E-state index is 10.6. The average molecular weight is 284 g/mol. The van der Waals surface area contributed by atoms with E-state index in [1.165, 1.54) is 0 Å². The van der Waals surface area contributed by atoms with Crippen molar-refractivity contribution in [2.75, 3.05) is 6.54 Å². The summed E-state index contributed by atoms with van der Waals surface area (Å²) in [6.45, 7) is 0.863. The molecule has 3 N–H and O–H groups in total. The number of aromatic carboxylic acids is 1. The molecule has 2 heterocycles. The zero-order valence-corrected chi connectivity index (χ0v) is 11.0. The molecule has 0 aromatic carbocycles. The van der Waals surface area contributed by atoms with E-state index in [9.17, 15) is 9.90 Å². The number of hydrogen-bond acceptors (Lipinski definition) is 6. The maximum absolute atomic E-state index is 10.6. The lowest BCUT2D eigenvalue weighted by Gasteiger charge is -2.09. The van der Waals surface area contributed by atoms with Gasteiger partial charge < -0.3 is 15.5 Å². The van der Waals surface area contributed by atoms with E-state index < -0.39 is 12.1 Å². The van der Waals surface area contributed by atoms with Crippen LogP contribution in [0.3, 0.4) is 0 Å². The minimum absolute atomic E-state index is 0.0881. The minimum atomic E-state index is -1.01. The lowest BCUT2D eigenvalue weighted by molar-refractivity contribution is 0.0696. The second-order valence-corrected chi connectivity index (χ2v) is 5.29. The number of carboxylic acids is 1. The first kappa shape index (κ1) is 13.2. The summed E-state index contributed by atoms with van der Waals surface area (Å²) in [5, 5.41) is 27.2. The number of thiophene rings is 1. The Bertz CT molecular complexity index is 510. The van der Waals surface area contributed by atoms with E-state index in [4.69, 9.17) is 5.11 Å². The number of rotatable bonds is 6. The van der Waals surface area contributed by atoms with Crippen molar-refractivity contribution in [2.45, 2.75) is 12.6 Å². The molecular weight excluding hydrogens is 272 g/mol. The second kappa shape index (κ2) is 6.05. The van der Waals surface area contributed by atoms with Crippen LogP contribution in [0.5, 0.6) is 0 Å². The van der Waals surface area contributed by atoms with Crippen LogP contribution in [0.2, 0.25) is 0 Å². The van der Waals surface area contributed by atoms with Gasteiger partial charge in [-0.2, -0.15) is 11.3 Å². The molecule has 0 amide bonds. The number of carbonyl (C=O) groups is 1. The molecule has 0 saturated heterocycles. The molecule has 0 aliphatic carbocycles. The van der Waals surface area contributed by atoms with Crippen LogP contribution in [-0.4, -0.2) is 27.7 Å². The Balaban J connectivity index is 1.79. The maximum Gasteiger partial charge on any atom is 0.365 e. The SMILES string of the molecule is O=C(O)c1nc(CNCC(O)c2ccsc2)cs1. The topological polar surface area (TPSA) is 82.5 Å². The van der Waals surface area contributed by atoms with Crippen molar-refractivity contribution < 1.29 is 15.0 Å². The molecule has 96 valence electrons. The Morgan fingerprint density at radius 1 is 1.50 bits per heavy atom. The molecule has 2 rings (SSSR count). The molecular formula is C11H12N2O3S2. The molecule has 0 saturated carbocycles. The van der Waals surface area contributed by atoms with Gasteiger partial charge in [-0.25, -0.2) is 9.78 Å². The summed E-state index contributed by atoms with van der Waals surface area (Å²) < 4.78 is 0. The first-order valence-electron chi connectivity index (χ1n) is 5.25. The number of aliphatic hydroxyl groups excluding tert-OH is 1. The van der Waals surface area contributed by atoms with E-state index in [1.807, 2.05) is 16.8 Å². The summed E-state index contributed by atoms with van der Waals surface area (Å²) >= 11 is 2.64. The summed E-state index contributed by atoms with van der Waals surface area (Å²) in [4.78, 5) is 14.6. The number of carboxylic acid groups (broad SMARTS) is 1. The Labute approximate surface area is 112 Å². The predicted molar refractivity (Wildman–Crippen MR) is 70.1 cm³/mol. The predicted octanol–water partition coefficient (Wildman–Crippen LogP) is 1.73. The van der Waals surface area contributed by atoms with Gasteiger partial charge in [-0.15, -0.1) is 11.3 Å². The largest absolute Gasteiger partial charge is 0.476 e. The molecule has 0 spiro atoms. The van der Waals surface area contributed by atoms with E-state index in [2.05, 4.69) is 10.3 Å². The summed E-state index contributed by atoms with van der Waals surface area (Å²) in [5.41, 5.74) is 1.56. The van der Waals surface area contributed by atoms with Crippen molar-refractivity contribution in [1.82, 2.24) is 10.3 Å². The Kier molecular flexibility index (Phi) is 4.43. The van der Waals surface area contributed by atoms with Gasteiger partial charge in [-0.05, 0) is 22.4 Å². The van der Waals surface area contributed by atoms with Crippen LogP contribution >= 0.6 is 22.7 Å². The molecule has 0 radical (unpaired) electrons. The van der Waals surface area contributed by atoms with Crippen LogP contribution in [0.25, 0.3) is 0 Å². The lowest BCUT2D eigenvalue weighted by Crippen LogP contribution is -2.21. The molecule has 2 aromatic rings. The minimum Gasteiger partial charge on any atom is -0.476 e. The molecule has 1 unspecified atom stereocenters. The van der Waals surface area contributed by atoms with Crippen LogP contribution in [0.4, 0.5) is 0 Å². The highest BCUT2D eigenvalue weighted by molar-refractivity contribution is 7.11. The Morgan fingerprint density at radius 2 is 2.33 bits per heavy atom. The quantitative estimate of drug-likeness (QED) is 0.752. The molecule has 0 fully saturated rings. The van der Waals surface area contributed by atoms with E-state index in [0.717, 1.165) is 16.9 Å². The zero-order chi connectivity index (χ0) is 13.0. The van der Waals surface area contributed by atoms with Crippen molar-refractivity contribution in [3.63, 3.8) is 0 Å². The molecule has 0 aliphatic rings. The van der Waals surface area contributed by atoms with Gasteiger partial charge in [0, 0.05) is 18.5 Å². The second-order valence-electron chi connectivity index (χ2n) is 3.65. The highest BCUT2D eigenvalue weighted by atomic mass is 32.1. The van der Waals surface area contributed by atoms with Gasteiger partial charge in [0.25, 0.3) is 0 Å². The summed E-state index contributed by atoms with van der Waals surface area (Å²) in [7, 11) is 0. The lowest BCUT2D eigenvalue weighted by atomic mass is 10.2. The van der Waals surface area contributed by atoms with Crippen LogP contribution < -0.4 is 5.32 Å². The van der Waals surface area contributed by atoms with Gasteiger partial charge in [0.2, 0.25) is 5.01 Å². The summed E-state index contributed by atoms with van der Waals surface area (Å²) in [5.74, 6) is -1.01. The number of hydrogen-bond donors (Lipinski definition) is 3. The number of aromatic nitrogens is 1. The van der Waals surface area contributed by atoms with Crippen LogP contribution in [0.1, 0.15) is 27.2 Å². The van der Waals surface area contributed by atoms with Crippen molar-refractivity contribution in [1.29, 1.82) is 0 Å². The number of thiazole rings is 1. The van der Waals surface area contributed by atoms with Crippen LogP contribution in [0, 0.1) is 0 Å². The third-order valence-electron chi connectivity index (χ3n) is 2.31. The molecule has 18 heavy (non-hydrogen) atoms. The fraction of sp³-hybridized carbons (Fsp3) is 0.273. The average Bonchev–Trinajstić information content (AvgIpc) is 3.00. The molecule has 0 aliphatic heterocycles. The van der Waals surface area contributed by atoms with Gasteiger partial charge in [-0.1, -0.05) is 0 Å². The fourth-order valence-corrected chi connectivity index (χ4v) is 2.77. The van der Waals surface area contributed by atoms with Crippen molar-refractivity contribution in [3.05, 3.63) is 38.5 Å². The third-order valence-corrected chi connectivity index (χ3v) is 3.89. The fourth-order valence-electron chi connectivity index (χ4n) is 1.41. The molecule has 2 aromatic heterocycles. The standard InChI is InChI=1S/C11H12N2O3S2/c14-9(7-1-2-17-5-7)4-12-3-8-6-18-10(13-8)11(15)16/h1-2,5-6,9,12,14H,3-4H2,(H,15,16). The zero-order valence-electron chi connectivity index (χ0n) is 9.37. The molecule has 7 heteroatoms. The van der Waals surface area contributed by atoms with E-state index in [0.29, 0.717) is 18.8 Å². The van der Waals surface area contributed by atoms with E-state index in [-0.39, 0.29) is 5.01 Å². The van der Waals surface area contributed by atoms with Crippen LogP contribution in [-0.2, 0) is 6.54 Å². The molecule has 5 nitrogen and oxygen atoms in total. The van der Waals surface area contributed by atoms with Gasteiger partial charge in [0.05, 0.1) is 11.8 Å². The van der Waals surface area contributed by atoms with E-state index >= 15 is 0 Å². The van der Waals surface area contributed by atoms with Crippen molar-refractivity contribution >= 4 is 28.6 Å². The van der Waals surface area contributed by atoms with Gasteiger partial charge in [0.15, 0.2) is 0 Å². The summed E-state index contributed by atoms with van der Waals surface area (Å²) in [6, 6.07) is 1.88. The highest BCUT2D eigenvalue weighted by Gasteiger charge is 2.10. The Hall–Kier alpha value is -1.28. The molecule has 0 bridgehead atoms. The Morgan fingerprint density at radius 3 is 2.94 bits per heavy atom. The van der Waals surface area contributed by atoms with Crippen molar-refractivity contribution in [3.8, 4) is 0 Å². The van der Waals surface area contributed by atoms with E-state index in [1.54, 1.807) is 16.7 Å². The molecule has 1 atom stereocenters. The number of aliphatic hydroxyl groups is 1. The highest BCUT2D eigenvalue weighted by Crippen LogP contribution is 2.15. The number of nitrogens with zero attached hydrogens (tertiary/aromatic N) is 1. The third kappa shape index (κ3) is 3.36. The first-order valence-corrected chi connectivity index (χ1v) is 7.07. The number of nitrogens with one attached hydrogen (secondary N) is 1. The van der Waals surface area contributed by atoms with Crippen molar-refractivity contribution in [2.24, 2.45) is 0 Å². The van der Waals surface area contributed by atoms with Gasteiger partial charge in [0.1, 0.15) is 0 Å². The van der Waals surface area contributed by atoms with Gasteiger partial charge >= 0.3 is 5.97 Å². The summed E-state index contributed by atoms with van der Waals surface area (Å²) in [6.07, 6.45) is -0.547. The monoisotopic (exact) mass is 284 g/mol.